The summed E-state index contributed by atoms with van der Waals surface area (Å²) in [6.07, 6.45) is 54.5. The molecule has 534 valence electrons. The average molecular weight is 1330 g/mol. The first kappa shape index (κ1) is 88.1. The van der Waals surface area contributed by atoms with E-state index >= 15 is 0 Å². The third-order valence-corrected chi connectivity index (χ3v) is 18.5. The molecule has 0 aliphatic heterocycles. The van der Waals surface area contributed by atoms with Gasteiger partial charge in [-0.1, -0.05) is 323 Å². The van der Waals surface area contributed by atoms with Gasteiger partial charge in [0, 0.05) is 25.7 Å². The molecule has 0 aliphatic carbocycles. The number of carbonyl (C=O) groups excluding carboxylic acids is 4. The molecule has 0 saturated carbocycles. The summed E-state index contributed by atoms with van der Waals surface area (Å²) < 4.78 is 68.1. The van der Waals surface area contributed by atoms with Crippen LogP contribution in [0.2, 0.25) is 0 Å². The van der Waals surface area contributed by atoms with E-state index in [1.54, 1.807) is 0 Å². The molecule has 2 unspecified atom stereocenters. The molecular formula is C71H138O17P2. The van der Waals surface area contributed by atoms with Gasteiger partial charge in [0.05, 0.1) is 26.4 Å². The van der Waals surface area contributed by atoms with Crippen molar-refractivity contribution in [2.45, 2.75) is 393 Å². The van der Waals surface area contributed by atoms with Gasteiger partial charge in [-0.2, -0.15) is 0 Å². The van der Waals surface area contributed by atoms with Crippen LogP contribution >= 0.6 is 15.6 Å². The molecule has 0 heterocycles. The van der Waals surface area contributed by atoms with E-state index in [1.165, 1.54) is 186 Å². The monoisotopic (exact) mass is 1320 g/mol. The second-order valence-electron chi connectivity index (χ2n) is 25.6. The standard InChI is InChI=1S/C71H138O17P2/c1-5-9-13-17-21-24-26-28-30-31-32-33-34-35-36-38-40-42-46-50-54-58-71(76)88-67(62-82-69(74)56-52-48-45-41-39-37-29-27-25-22-18-14-10-6-2)64-86-90(79,80)84-60-65(72)59-83-89(77,78)85-63-66(61-81-68(73)55-51-47-43-20-16-12-8-4)87-70(75)57-53-49-44-23-19-15-11-7-3/h65-67,72H,5-64H2,1-4H3,(H,77,78)(H,79,80)/t65-,66+,67+/m0/s1. The van der Waals surface area contributed by atoms with E-state index in [9.17, 15) is 43.2 Å². The van der Waals surface area contributed by atoms with Gasteiger partial charge in [0.15, 0.2) is 12.2 Å². The van der Waals surface area contributed by atoms with Crippen molar-refractivity contribution in [3.8, 4) is 0 Å². The molecule has 17 nitrogen and oxygen atoms in total. The van der Waals surface area contributed by atoms with Gasteiger partial charge in [0.25, 0.3) is 0 Å². The van der Waals surface area contributed by atoms with Gasteiger partial charge in [-0.05, 0) is 25.7 Å². The first-order valence-corrected chi connectivity index (χ1v) is 40.3. The van der Waals surface area contributed by atoms with Crippen LogP contribution in [0.15, 0.2) is 0 Å². The quantitative estimate of drug-likeness (QED) is 0.0222. The van der Waals surface area contributed by atoms with E-state index in [1.807, 2.05) is 0 Å². The Balaban J connectivity index is 5.12. The Morgan fingerprint density at radius 2 is 0.444 bits per heavy atom. The summed E-state index contributed by atoms with van der Waals surface area (Å²) in [6, 6.07) is 0. The van der Waals surface area contributed by atoms with Gasteiger partial charge in [-0.3, -0.25) is 37.3 Å². The Morgan fingerprint density at radius 3 is 0.656 bits per heavy atom. The third-order valence-electron chi connectivity index (χ3n) is 16.6. The van der Waals surface area contributed by atoms with Crippen LogP contribution in [0.1, 0.15) is 374 Å². The van der Waals surface area contributed by atoms with Crippen molar-refractivity contribution < 1.29 is 80.2 Å². The van der Waals surface area contributed by atoms with Crippen molar-refractivity contribution in [3.63, 3.8) is 0 Å². The lowest BCUT2D eigenvalue weighted by atomic mass is 10.0. The molecule has 0 amide bonds. The van der Waals surface area contributed by atoms with Crippen LogP contribution in [0.5, 0.6) is 0 Å². The van der Waals surface area contributed by atoms with Gasteiger partial charge >= 0.3 is 39.5 Å². The summed E-state index contributed by atoms with van der Waals surface area (Å²) in [7, 11) is -9.89. The minimum atomic E-state index is -4.95. The molecule has 3 N–H and O–H groups in total. The number of aliphatic hydroxyl groups is 1. The van der Waals surface area contributed by atoms with E-state index in [2.05, 4.69) is 27.7 Å². The first-order valence-electron chi connectivity index (χ1n) is 37.3. The molecule has 0 aliphatic rings. The van der Waals surface area contributed by atoms with E-state index in [4.69, 9.17) is 37.0 Å². The molecule has 0 bridgehead atoms. The lowest BCUT2D eigenvalue weighted by Crippen LogP contribution is -2.30. The van der Waals surface area contributed by atoms with Gasteiger partial charge in [-0.15, -0.1) is 0 Å². The fraction of sp³-hybridized carbons (Fsp3) is 0.944. The molecule has 5 atom stereocenters. The zero-order valence-electron chi connectivity index (χ0n) is 58.1. The molecule has 0 spiro atoms. The lowest BCUT2D eigenvalue weighted by Gasteiger charge is -2.21. The molecule has 0 radical (unpaired) electrons. The molecule has 0 aromatic carbocycles. The van der Waals surface area contributed by atoms with Gasteiger partial charge < -0.3 is 33.8 Å². The number of unbranched alkanes of at least 4 members (excludes halogenated alkanes) is 46. The Labute approximate surface area is 549 Å². The summed E-state index contributed by atoms with van der Waals surface area (Å²) in [6.45, 7) is 4.88. The van der Waals surface area contributed by atoms with Crippen molar-refractivity contribution in [2.75, 3.05) is 39.6 Å². The van der Waals surface area contributed by atoms with Gasteiger partial charge in [-0.25, -0.2) is 9.13 Å². The number of aliphatic hydroxyl groups excluding tert-OH is 1. The highest BCUT2D eigenvalue weighted by atomic mass is 31.2. The average Bonchev–Trinajstić information content (AvgIpc) is 3.46. The third kappa shape index (κ3) is 64.8. The second kappa shape index (κ2) is 65.7. The van der Waals surface area contributed by atoms with E-state index < -0.39 is 97.5 Å². The number of phosphoric acid groups is 2. The second-order valence-corrected chi connectivity index (χ2v) is 28.5. The van der Waals surface area contributed by atoms with Crippen LogP contribution in [0, 0.1) is 0 Å². The number of hydrogen-bond donors (Lipinski definition) is 3. The maximum atomic E-state index is 13.0. The molecule has 0 saturated heterocycles. The minimum absolute atomic E-state index is 0.105. The molecule has 90 heavy (non-hydrogen) atoms. The van der Waals surface area contributed by atoms with Gasteiger partial charge in [0.2, 0.25) is 0 Å². The van der Waals surface area contributed by atoms with Crippen molar-refractivity contribution >= 4 is 39.5 Å². The molecule has 19 heteroatoms. The number of phosphoric ester groups is 2. The lowest BCUT2D eigenvalue weighted by molar-refractivity contribution is -0.161. The van der Waals surface area contributed by atoms with E-state index in [-0.39, 0.29) is 25.7 Å². The van der Waals surface area contributed by atoms with E-state index in [0.29, 0.717) is 25.7 Å². The van der Waals surface area contributed by atoms with Crippen LogP contribution < -0.4 is 0 Å². The molecule has 0 aromatic heterocycles. The summed E-state index contributed by atoms with van der Waals surface area (Å²) in [5.74, 6) is -2.13. The Hall–Kier alpha value is -1.94. The molecule has 0 fully saturated rings. The number of hydrogen-bond acceptors (Lipinski definition) is 15. The normalized spacial score (nSPS) is 14.0. The SMILES string of the molecule is CCCCCCCCCCCCCCCCCCCCCCCC(=O)O[C@H](COC(=O)CCCCCCCCCCCCCCCC)COP(=O)(O)OC[C@@H](O)COP(=O)(O)OC[C@@H](COC(=O)CCCCCCCCC)OC(=O)CCCCCCCCCC. The zero-order chi connectivity index (χ0) is 66.1. The maximum Gasteiger partial charge on any atom is 0.472 e. The summed E-state index contributed by atoms with van der Waals surface area (Å²) >= 11 is 0. The predicted molar refractivity (Wildman–Crippen MR) is 363 cm³/mol. The number of rotatable bonds is 72. The molecular weight excluding hydrogens is 1190 g/mol. The van der Waals surface area contributed by atoms with Gasteiger partial charge in [0.1, 0.15) is 19.3 Å². The summed E-state index contributed by atoms with van der Waals surface area (Å²) in [5.41, 5.74) is 0. The Morgan fingerprint density at radius 1 is 0.267 bits per heavy atom. The fourth-order valence-corrected chi connectivity index (χ4v) is 12.4. The zero-order valence-corrected chi connectivity index (χ0v) is 59.9. The maximum absolute atomic E-state index is 13.0. The van der Waals surface area contributed by atoms with Crippen molar-refractivity contribution in [2.24, 2.45) is 0 Å². The molecule has 0 rings (SSSR count). The summed E-state index contributed by atoms with van der Waals surface area (Å²) in [5, 5.41) is 10.6. The van der Waals surface area contributed by atoms with Crippen molar-refractivity contribution in [3.05, 3.63) is 0 Å². The smallest absolute Gasteiger partial charge is 0.462 e. The van der Waals surface area contributed by atoms with Crippen LogP contribution in [0.25, 0.3) is 0 Å². The minimum Gasteiger partial charge on any atom is -0.462 e. The topological polar surface area (TPSA) is 237 Å². The van der Waals surface area contributed by atoms with Crippen molar-refractivity contribution in [1.29, 1.82) is 0 Å². The highest BCUT2D eigenvalue weighted by molar-refractivity contribution is 7.47. The van der Waals surface area contributed by atoms with Crippen LogP contribution in [0.3, 0.4) is 0 Å². The first-order chi connectivity index (χ1) is 43.7. The van der Waals surface area contributed by atoms with Crippen LogP contribution in [-0.2, 0) is 65.4 Å². The Bertz CT molecular complexity index is 1720. The van der Waals surface area contributed by atoms with Crippen molar-refractivity contribution in [1.82, 2.24) is 0 Å². The summed E-state index contributed by atoms with van der Waals surface area (Å²) in [4.78, 5) is 72.3. The largest absolute Gasteiger partial charge is 0.472 e. The molecule has 0 aromatic rings. The van der Waals surface area contributed by atoms with E-state index in [0.717, 1.165) is 109 Å². The Kier molecular flexibility index (Phi) is 64.3. The van der Waals surface area contributed by atoms with Crippen LogP contribution in [0.4, 0.5) is 0 Å². The predicted octanol–water partition coefficient (Wildman–Crippen LogP) is 20.7. The highest BCUT2D eigenvalue weighted by Gasteiger charge is 2.30. The highest BCUT2D eigenvalue weighted by Crippen LogP contribution is 2.45. The fourth-order valence-electron chi connectivity index (χ4n) is 10.9. The van der Waals surface area contributed by atoms with Crippen LogP contribution in [-0.4, -0.2) is 96.7 Å². The number of esters is 4. The number of ether oxygens (including phenoxy) is 4. The number of carbonyl (C=O) groups is 4.